The lowest BCUT2D eigenvalue weighted by Gasteiger charge is -2.40. The summed E-state index contributed by atoms with van der Waals surface area (Å²) in [6, 6.07) is 5.33. The van der Waals surface area contributed by atoms with E-state index in [0.717, 1.165) is 0 Å². The summed E-state index contributed by atoms with van der Waals surface area (Å²) in [5, 5.41) is 8.81. The van der Waals surface area contributed by atoms with E-state index < -0.39 is 0 Å². The summed E-state index contributed by atoms with van der Waals surface area (Å²) < 4.78 is 5.65. The Balaban J connectivity index is 1.85. The summed E-state index contributed by atoms with van der Waals surface area (Å²) in [6.45, 7) is 6.48. The van der Waals surface area contributed by atoms with Crippen molar-refractivity contribution >= 4 is 6.03 Å². The van der Waals surface area contributed by atoms with Gasteiger partial charge >= 0.3 is 6.03 Å². The molecule has 0 saturated carbocycles. The van der Waals surface area contributed by atoms with E-state index in [0.29, 0.717) is 37.6 Å². The van der Waals surface area contributed by atoms with Gasteiger partial charge in [-0.3, -0.25) is 0 Å². The maximum Gasteiger partial charge on any atom is 0.320 e. The van der Waals surface area contributed by atoms with Crippen molar-refractivity contribution in [3.63, 3.8) is 0 Å². The first-order chi connectivity index (χ1) is 9.67. The van der Waals surface area contributed by atoms with E-state index in [4.69, 9.17) is 10.00 Å². The lowest BCUT2D eigenvalue weighted by atomic mass is 10.2. The van der Waals surface area contributed by atoms with E-state index in [2.05, 4.69) is 4.98 Å². The number of carbonyl (C=O) groups excluding carboxylic acids is 1. The van der Waals surface area contributed by atoms with Crippen LogP contribution in [0.3, 0.4) is 0 Å². The maximum atomic E-state index is 12.0. The standard InChI is InChI=1S/C14H18N4O2/c1-3-17(4-2)14(19)18-9-12(10-18)20-13-7-11(8-15)5-6-16-13/h5-7,12H,3-4,9-10H2,1-2H3. The number of nitrogens with zero attached hydrogens (tertiary/aromatic N) is 4. The van der Waals surface area contributed by atoms with Gasteiger partial charge in [-0.15, -0.1) is 0 Å². The number of rotatable bonds is 4. The molecule has 2 amide bonds. The molecule has 1 aromatic heterocycles. The first-order valence-corrected chi connectivity index (χ1v) is 6.74. The van der Waals surface area contributed by atoms with Gasteiger partial charge in [0.25, 0.3) is 0 Å². The van der Waals surface area contributed by atoms with Gasteiger partial charge in [-0.05, 0) is 19.9 Å². The normalized spacial score (nSPS) is 14.3. The van der Waals surface area contributed by atoms with Crippen LogP contribution >= 0.6 is 0 Å². The Kier molecular flexibility index (Phi) is 4.41. The monoisotopic (exact) mass is 274 g/mol. The van der Waals surface area contributed by atoms with Gasteiger partial charge in [-0.25, -0.2) is 9.78 Å². The molecule has 0 bridgehead atoms. The molecule has 0 N–H and O–H groups in total. The summed E-state index contributed by atoms with van der Waals surface area (Å²) >= 11 is 0. The molecule has 1 saturated heterocycles. The van der Waals surface area contributed by atoms with Gasteiger partial charge in [0.2, 0.25) is 5.88 Å². The molecule has 2 rings (SSSR count). The largest absolute Gasteiger partial charge is 0.471 e. The number of ether oxygens (including phenoxy) is 1. The fraction of sp³-hybridized carbons (Fsp3) is 0.500. The highest BCUT2D eigenvalue weighted by Gasteiger charge is 2.34. The van der Waals surface area contributed by atoms with Gasteiger partial charge in [-0.1, -0.05) is 0 Å². The predicted molar refractivity (Wildman–Crippen MR) is 73.3 cm³/mol. The molecule has 1 fully saturated rings. The molecule has 1 aliphatic heterocycles. The van der Waals surface area contributed by atoms with Gasteiger partial charge in [0.15, 0.2) is 0 Å². The Hall–Kier alpha value is -2.29. The van der Waals surface area contributed by atoms with Gasteiger partial charge in [0.1, 0.15) is 6.10 Å². The van der Waals surface area contributed by atoms with E-state index in [1.54, 1.807) is 28.1 Å². The molecule has 0 unspecified atom stereocenters. The highest BCUT2D eigenvalue weighted by molar-refractivity contribution is 5.75. The van der Waals surface area contributed by atoms with Crippen molar-refractivity contribution in [1.82, 2.24) is 14.8 Å². The number of hydrogen-bond donors (Lipinski definition) is 0. The third-order valence-electron chi connectivity index (χ3n) is 3.30. The van der Waals surface area contributed by atoms with Crippen molar-refractivity contribution in [3.05, 3.63) is 23.9 Å². The lowest BCUT2D eigenvalue weighted by Crippen LogP contribution is -2.59. The third-order valence-corrected chi connectivity index (χ3v) is 3.30. The quantitative estimate of drug-likeness (QED) is 0.834. The summed E-state index contributed by atoms with van der Waals surface area (Å²) in [5.41, 5.74) is 0.519. The summed E-state index contributed by atoms with van der Waals surface area (Å²) in [4.78, 5) is 19.6. The van der Waals surface area contributed by atoms with E-state index in [1.807, 2.05) is 19.9 Å². The molecule has 0 aromatic carbocycles. The Morgan fingerprint density at radius 1 is 1.55 bits per heavy atom. The fourth-order valence-corrected chi connectivity index (χ4v) is 2.08. The summed E-state index contributed by atoms with van der Waals surface area (Å²) in [7, 11) is 0. The summed E-state index contributed by atoms with van der Waals surface area (Å²) in [6.07, 6.45) is 1.50. The van der Waals surface area contributed by atoms with Crippen LogP contribution in [0.1, 0.15) is 19.4 Å². The van der Waals surface area contributed by atoms with Crippen LogP contribution in [0.25, 0.3) is 0 Å². The van der Waals surface area contributed by atoms with Crippen LogP contribution in [-0.2, 0) is 0 Å². The second-order valence-electron chi connectivity index (χ2n) is 4.59. The minimum Gasteiger partial charge on any atom is -0.471 e. The highest BCUT2D eigenvalue weighted by Crippen LogP contribution is 2.18. The molecule has 0 radical (unpaired) electrons. The van der Waals surface area contributed by atoms with Crippen molar-refractivity contribution in [2.24, 2.45) is 0 Å². The molecule has 1 aliphatic rings. The summed E-state index contributed by atoms with van der Waals surface area (Å²) in [5.74, 6) is 0.434. The fourth-order valence-electron chi connectivity index (χ4n) is 2.08. The van der Waals surface area contributed by atoms with Gasteiger partial charge in [0.05, 0.1) is 24.7 Å². The number of amides is 2. The molecule has 0 atom stereocenters. The molecule has 6 heteroatoms. The van der Waals surface area contributed by atoms with Crippen molar-refractivity contribution in [1.29, 1.82) is 5.26 Å². The molecule has 1 aromatic rings. The van der Waals surface area contributed by atoms with Gasteiger partial charge < -0.3 is 14.5 Å². The number of pyridine rings is 1. The highest BCUT2D eigenvalue weighted by atomic mass is 16.5. The number of aromatic nitrogens is 1. The van der Waals surface area contributed by atoms with Crippen molar-refractivity contribution < 1.29 is 9.53 Å². The number of nitriles is 1. The minimum atomic E-state index is -0.0454. The number of likely N-dealkylation sites (tertiary alicyclic amines) is 1. The average molecular weight is 274 g/mol. The third kappa shape index (κ3) is 2.99. The zero-order valence-corrected chi connectivity index (χ0v) is 11.7. The van der Waals surface area contributed by atoms with Crippen molar-refractivity contribution in [2.45, 2.75) is 20.0 Å². The van der Waals surface area contributed by atoms with Crippen LogP contribution in [0.2, 0.25) is 0 Å². The lowest BCUT2D eigenvalue weighted by molar-refractivity contribution is 0.0293. The zero-order chi connectivity index (χ0) is 14.5. The second kappa shape index (κ2) is 6.24. The maximum absolute atomic E-state index is 12.0. The number of hydrogen-bond acceptors (Lipinski definition) is 4. The molecule has 0 spiro atoms. The topological polar surface area (TPSA) is 69.5 Å². The Labute approximate surface area is 118 Å². The first-order valence-electron chi connectivity index (χ1n) is 6.74. The predicted octanol–water partition coefficient (Wildman–Crippen LogP) is 1.48. The molecular weight excluding hydrogens is 256 g/mol. The van der Waals surface area contributed by atoms with E-state index in [-0.39, 0.29) is 12.1 Å². The molecule has 0 aliphatic carbocycles. The SMILES string of the molecule is CCN(CC)C(=O)N1CC(Oc2cc(C#N)ccn2)C1. The van der Waals surface area contributed by atoms with Gasteiger partial charge in [-0.2, -0.15) is 5.26 Å². The second-order valence-corrected chi connectivity index (χ2v) is 4.59. The van der Waals surface area contributed by atoms with Crippen LogP contribution in [0, 0.1) is 11.3 Å². The smallest absolute Gasteiger partial charge is 0.320 e. The molecule has 106 valence electrons. The van der Waals surface area contributed by atoms with E-state index in [9.17, 15) is 4.79 Å². The Morgan fingerprint density at radius 2 is 2.25 bits per heavy atom. The van der Waals surface area contributed by atoms with E-state index in [1.165, 1.54) is 0 Å². The number of carbonyl (C=O) groups is 1. The molecule has 2 heterocycles. The molecule has 20 heavy (non-hydrogen) atoms. The van der Waals surface area contributed by atoms with Crippen LogP contribution in [0.5, 0.6) is 5.88 Å². The van der Waals surface area contributed by atoms with E-state index >= 15 is 0 Å². The van der Waals surface area contributed by atoms with Crippen molar-refractivity contribution in [2.75, 3.05) is 26.2 Å². The Bertz CT molecular complexity index is 516. The zero-order valence-electron chi connectivity index (χ0n) is 11.7. The first kappa shape index (κ1) is 14.1. The van der Waals surface area contributed by atoms with Crippen molar-refractivity contribution in [3.8, 4) is 11.9 Å². The number of urea groups is 1. The van der Waals surface area contributed by atoms with Crippen LogP contribution in [0.4, 0.5) is 4.79 Å². The molecular formula is C14H18N4O2. The average Bonchev–Trinajstić information content (AvgIpc) is 2.43. The minimum absolute atomic E-state index is 0.0454. The Morgan fingerprint density at radius 3 is 2.85 bits per heavy atom. The molecule has 6 nitrogen and oxygen atoms in total. The van der Waals surface area contributed by atoms with Crippen LogP contribution in [-0.4, -0.2) is 53.1 Å². The van der Waals surface area contributed by atoms with Crippen LogP contribution in [0.15, 0.2) is 18.3 Å². The van der Waals surface area contributed by atoms with Gasteiger partial charge in [0, 0.05) is 25.4 Å². The van der Waals surface area contributed by atoms with Crippen LogP contribution < -0.4 is 4.74 Å².